The van der Waals surface area contributed by atoms with Gasteiger partial charge >= 0.3 is 11.9 Å². The second-order valence-corrected chi connectivity index (χ2v) is 17.4. The standard InChI is InChI=1S/C17H21NO4S2.C16H19NO4S2.CH4/c1-3-24(20,21)12-16-18-15(11-23-16)9-8-13-4-6-14(7-5-13)10-17(19)22-2;1-2-23(20,21)11-15-17-14(10-22-15)8-7-12-3-5-13(6-4-12)9-16(18)19;/h4-7,11H,3,8-10,12H2,1-2H3;3-6,10H,2,7-9,11H2,1H3,(H,18,19);1H4. The van der Waals surface area contributed by atoms with Crippen molar-refractivity contribution in [1.82, 2.24) is 9.97 Å². The van der Waals surface area contributed by atoms with E-state index in [2.05, 4.69) is 14.7 Å². The first-order valence-corrected chi connectivity index (χ1v) is 20.4. The summed E-state index contributed by atoms with van der Waals surface area (Å²) >= 11 is 2.78. The van der Waals surface area contributed by atoms with Crippen molar-refractivity contribution >= 4 is 54.3 Å². The van der Waals surface area contributed by atoms with Crippen LogP contribution in [0.15, 0.2) is 59.3 Å². The molecule has 4 aromatic rings. The predicted octanol–water partition coefficient (Wildman–Crippen LogP) is 5.70. The highest BCUT2D eigenvalue weighted by molar-refractivity contribution is 7.90. The number of aromatic nitrogens is 2. The minimum atomic E-state index is -3.04. The van der Waals surface area contributed by atoms with Gasteiger partial charge in [0.1, 0.15) is 21.5 Å². The van der Waals surface area contributed by atoms with Gasteiger partial charge in [0.25, 0.3) is 0 Å². The summed E-state index contributed by atoms with van der Waals surface area (Å²) in [5.41, 5.74) is 5.77. The number of sulfone groups is 2. The average Bonchev–Trinajstić information content (AvgIpc) is 3.68. The van der Waals surface area contributed by atoms with Crippen molar-refractivity contribution in [3.05, 3.63) is 103 Å². The Morgan fingerprint density at radius 3 is 1.40 bits per heavy atom. The van der Waals surface area contributed by atoms with E-state index in [1.54, 1.807) is 13.8 Å². The fourth-order valence-corrected chi connectivity index (χ4v) is 8.38. The van der Waals surface area contributed by atoms with Crippen molar-refractivity contribution in [2.45, 2.75) is 71.3 Å². The molecule has 0 radical (unpaired) electrons. The number of nitrogens with zero attached hydrogens (tertiary/aromatic N) is 2. The normalized spacial score (nSPS) is 11.2. The van der Waals surface area contributed by atoms with E-state index in [1.807, 2.05) is 59.3 Å². The third-order valence-corrected chi connectivity index (χ3v) is 12.4. The molecule has 0 amide bonds. The van der Waals surface area contributed by atoms with Gasteiger partial charge in [0.15, 0.2) is 19.7 Å². The van der Waals surface area contributed by atoms with Crippen LogP contribution in [0.4, 0.5) is 0 Å². The van der Waals surface area contributed by atoms with Crippen LogP contribution in [0.1, 0.15) is 64.9 Å². The number of benzene rings is 2. The number of hydrogen-bond donors (Lipinski definition) is 1. The Hall–Kier alpha value is -3.46. The number of methoxy groups -OCH3 is 1. The smallest absolute Gasteiger partial charge is 0.309 e. The van der Waals surface area contributed by atoms with Gasteiger partial charge in [-0.05, 0) is 47.9 Å². The summed E-state index contributed by atoms with van der Waals surface area (Å²) in [5.74, 6) is -0.784. The van der Waals surface area contributed by atoms with E-state index in [1.165, 1.54) is 29.8 Å². The number of thiazole rings is 2. The molecule has 0 aliphatic rings. The van der Waals surface area contributed by atoms with Crippen LogP contribution in [0.25, 0.3) is 0 Å². The maximum absolute atomic E-state index is 11.6. The Labute approximate surface area is 292 Å². The summed E-state index contributed by atoms with van der Waals surface area (Å²) in [4.78, 5) is 30.6. The van der Waals surface area contributed by atoms with Gasteiger partial charge in [0.2, 0.25) is 0 Å². The second kappa shape index (κ2) is 19.5. The maximum atomic E-state index is 11.6. The topological polar surface area (TPSA) is 158 Å². The molecule has 0 spiro atoms. The van der Waals surface area contributed by atoms with Crippen LogP contribution in [0.5, 0.6) is 0 Å². The molecule has 48 heavy (non-hydrogen) atoms. The number of rotatable bonds is 16. The number of aryl methyl sites for hydroxylation is 4. The Bertz CT molecular complexity index is 1810. The maximum Gasteiger partial charge on any atom is 0.309 e. The molecule has 262 valence electrons. The molecule has 4 rings (SSSR count). The SMILES string of the molecule is C.CCS(=O)(=O)Cc1nc(CCc2ccc(CC(=O)O)cc2)cs1.CCS(=O)(=O)Cc1nc(CCc2ccc(CC(=O)OC)cc2)cs1. The summed E-state index contributed by atoms with van der Waals surface area (Å²) in [7, 11) is -4.69. The zero-order valence-electron chi connectivity index (χ0n) is 26.7. The van der Waals surface area contributed by atoms with Crippen LogP contribution in [0, 0.1) is 0 Å². The lowest BCUT2D eigenvalue weighted by Gasteiger charge is -2.03. The Balaban J connectivity index is 0.000000327. The Morgan fingerprint density at radius 2 is 1.04 bits per heavy atom. The lowest BCUT2D eigenvalue weighted by Crippen LogP contribution is -2.06. The van der Waals surface area contributed by atoms with Crippen molar-refractivity contribution in [2.24, 2.45) is 0 Å². The Morgan fingerprint density at radius 1 is 0.667 bits per heavy atom. The number of esters is 1. The van der Waals surface area contributed by atoms with Crippen LogP contribution in [-0.4, -0.2) is 62.5 Å². The minimum Gasteiger partial charge on any atom is -0.481 e. The molecule has 0 saturated heterocycles. The van der Waals surface area contributed by atoms with E-state index < -0.39 is 25.6 Å². The molecule has 0 saturated carbocycles. The molecule has 0 bridgehead atoms. The first-order valence-electron chi connectivity index (χ1n) is 15.0. The van der Waals surface area contributed by atoms with Gasteiger partial charge < -0.3 is 9.84 Å². The zero-order valence-corrected chi connectivity index (χ0v) is 29.9. The van der Waals surface area contributed by atoms with Gasteiger partial charge in [-0.2, -0.15) is 0 Å². The molecule has 0 aliphatic heterocycles. The molecule has 10 nitrogen and oxygen atoms in total. The van der Waals surface area contributed by atoms with Crippen molar-refractivity contribution in [3.8, 4) is 0 Å². The van der Waals surface area contributed by atoms with E-state index >= 15 is 0 Å². The van der Waals surface area contributed by atoms with Gasteiger partial charge in [-0.3, -0.25) is 9.59 Å². The first-order chi connectivity index (χ1) is 22.3. The van der Waals surface area contributed by atoms with Crippen LogP contribution >= 0.6 is 22.7 Å². The molecule has 0 fully saturated rings. The molecular formula is C34H44N2O8S4. The van der Waals surface area contributed by atoms with E-state index in [0.29, 0.717) is 10.0 Å². The molecule has 1 N–H and O–H groups in total. The Kier molecular flexibility index (Phi) is 16.6. The van der Waals surface area contributed by atoms with E-state index in [9.17, 15) is 26.4 Å². The lowest BCUT2D eigenvalue weighted by molar-refractivity contribution is -0.140. The fraction of sp³-hybridized carbons (Fsp3) is 0.412. The van der Waals surface area contributed by atoms with Crippen molar-refractivity contribution in [1.29, 1.82) is 0 Å². The van der Waals surface area contributed by atoms with Crippen molar-refractivity contribution in [3.63, 3.8) is 0 Å². The summed E-state index contributed by atoms with van der Waals surface area (Å²) < 4.78 is 51.1. The van der Waals surface area contributed by atoms with Gasteiger partial charge in [-0.25, -0.2) is 26.8 Å². The summed E-state index contributed by atoms with van der Waals surface area (Å²) in [6.07, 6.45) is 3.42. The quantitative estimate of drug-likeness (QED) is 0.141. The highest BCUT2D eigenvalue weighted by Gasteiger charge is 2.14. The number of hydrogen-bond acceptors (Lipinski definition) is 11. The summed E-state index contributed by atoms with van der Waals surface area (Å²) in [6, 6.07) is 15.3. The highest BCUT2D eigenvalue weighted by Crippen LogP contribution is 2.17. The molecular weight excluding hydrogens is 693 g/mol. The number of carboxylic acid groups (broad SMARTS) is 1. The van der Waals surface area contributed by atoms with Crippen LogP contribution in [0.2, 0.25) is 0 Å². The molecule has 0 atom stereocenters. The highest BCUT2D eigenvalue weighted by atomic mass is 32.2. The van der Waals surface area contributed by atoms with E-state index in [-0.39, 0.29) is 49.2 Å². The predicted molar refractivity (Wildman–Crippen MR) is 192 cm³/mol. The average molecular weight is 737 g/mol. The van der Waals surface area contributed by atoms with Crippen molar-refractivity contribution in [2.75, 3.05) is 18.6 Å². The summed E-state index contributed by atoms with van der Waals surface area (Å²) in [6.45, 7) is 3.28. The fourth-order valence-electron chi connectivity index (χ4n) is 4.25. The van der Waals surface area contributed by atoms with Gasteiger partial charge in [0, 0.05) is 22.3 Å². The number of ether oxygens (including phenoxy) is 1. The van der Waals surface area contributed by atoms with Crippen LogP contribution < -0.4 is 0 Å². The number of carboxylic acids is 1. The minimum absolute atomic E-state index is 0. The van der Waals surface area contributed by atoms with E-state index in [4.69, 9.17) is 5.11 Å². The zero-order chi connectivity index (χ0) is 34.5. The van der Waals surface area contributed by atoms with Gasteiger partial charge in [-0.15, -0.1) is 22.7 Å². The second-order valence-electron chi connectivity index (χ2n) is 10.8. The van der Waals surface area contributed by atoms with Gasteiger partial charge in [-0.1, -0.05) is 69.8 Å². The van der Waals surface area contributed by atoms with Crippen LogP contribution in [-0.2, 0) is 84.0 Å². The first kappa shape index (κ1) is 40.7. The number of carbonyl (C=O) groups excluding carboxylic acids is 1. The monoisotopic (exact) mass is 736 g/mol. The van der Waals surface area contributed by atoms with E-state index in [0.717, 1.165) is 59.3 Å². The molecule has 2 aromatic carbocycles. The van der Waals surface area contributed by atoms with Gasteiger partial charge in [0.05, 0.1) is 31.3 Å². The molecule has 2 heterocycles. The third-order valence-electron chi connectivity index (χ3n) is 7.08. The summed E-state index contributed by atoms with van der Waals surface area (Å²) in [5, 5.41) is 13.9. The molecule has 14 heteroatoms. The molecule has 0 aliphatic carbocycles. The van der Waals surface area contributed by atoms with Crippen molar-refractivity contribution < 1.29 is 36.3 Å². The molecule has 0 unspecified atom stereocenters. The number of carbonyl (C=O) groups is 2. The number of aliphatic carboxylic acids is 1. The molecule has 2 aromatic heterocycles. The van der Waals surface area contributed by atoms with Crippen LogP contribution in [0.3, 0.4) is 0 Å². The third kappa shape index (κ3) is 14.8. The lowest BCUT2D eigenvalue weighted by atomic mass is 10.1. The largest absolute Gasteiger partial charge is 0.481 e.